The zero-order chi connectivity index (χ0) is 15.9. The zero-order valence-corrected chi connectivity index (χ0v) is 13.7. The van der Waals surface area contributed by atoms with Gasteiger partial charge >= 0.3 is 0 Å². The Labute approximate surface area is 138 Å². The van der Waals surface area contributed by atoms with Gasteiger partial charge in [-0.3, -0.25) is 9.69 Å². The van der Waals surface area contributed by atoms with E-state index in [9.17, 15) is 4.79 Å². The van der Waals surface area contributed by atoms with E-state index in [1.54, 1.807) is 0 Å². The molecule has 126 valence electrons. The number of morpholine rings is 1. The molecule has 5 nitrogen and oxygen atoms in total. The largest absolute Gasteiger partial charge is 0.484 e. The summed E-state index contributed by atoms with van der Waals surface area (Å²) in [4.78, 5) is 16.7. The monoisotopic (exact) mass is 318 g/mol. The number of hydrogen-bond acceptors (Lipinski definition) is 4. The normalized spacial score (nSPS) is 20.4. The van der Waals surface area contributed by atoms with Gasteiger partial charge in [-0.05, 0) is 30.9 Å². The third-order valence-corrected chi connectivity index (χ3v) is 4.69. The Morgan fingerprint density at radius 3 is 2.48 bits per heavy atom. The van der Waals surface area contributed by atoms with Crippen LogP contribution in [0.25, 0.3) is 0 Å². The first-order chi connectivity index (χ1) is 11.3. The maximum atomic E-state index is 12.2. The highest BCUT2D eigenvalue weighted by atomic mass is 16.5. The summed E-state index contributed by atoms with van der Waals surface area (Å²) in [6.45, 7) is 6.79. The Morgan fingerprint density at radius 1 is 1.09 bits per heavy atom. The minimum absolute atomic E-state index is 0.0960. The van der Waals surface area contributed by atoms with E-state index in [0.29, 0.717) is 5.92 Å². The summed E-state index contributed by atoms with van der Waals surface area (Å²) < 4.78 is 10.9. The van der Waals surface area contributed by atoms with Gasteiger partial charge in [-0.25, -0.2) is 0 Å². The van der Waals surface area contributed by atoms with E-state index in [1.807, 2.05) is 35.2 Å². The first-order valence-electron chi connectivity index (χ1n) is 8.57. The van der Waals surface area contributed by atoms with Crippen LogP contribution in [-0.2, 0) is 9.53 Å². The van der Waals surface area contributed by atoms with Crippen molar-refractivity contribution < 1.29 is 14.3 Å². The van der Waals surface area contributed by atoms with Crippen molar-refractivity contribution in [2.75, 3.05) is 52.5 Å². The second-order valence-corrected chi connectivity index (χ2v) is 6.34. The van der Waals surface area contributed by atoms with E-state index in [2.05, 4.69) is 4.90 Å². The summed E-state index contributed by atoms with van der Waals surface area (Å²) in [6.07, 6.45) is 2.18. The smallest absolute Gasteiger partial charge is 0.260 e. The number of ether oxygens (including phenoxy) is 2. The number of benzene rings is 1. The molecule has 0 saturated carbocycles. The van der Waals surface area contributed by atoms with Gasteiger partial charge in [0.25, 0.3) is 5.91 Å². The molecule has 1 amide bonds. The number of nitrogens with zero attached hydrogens (tertiary/aromatic N) is 2. The molecule has 0 spiro atoms. The van der Waals surface area contributed by atoms with Crippen molar-refractivity contribution in [2.24, 2.45) is 5.92 Å². The Balaban J connectivity index is 1.37. The highest BCUT2D eigenvalue weighted by molar-refractivity contribution is 5.77. The second kappa shape index (κ2) is 8.31. The van der Waals surface area contributed by atoms with Crippen molar-refractivity contribution in [3.63, 3.8) is 0 Å². The minimum atomic E-state index is 0.0960. The van der Waals surface area contributed by atoms with Crippen LogP contribution in [0.2, 0.25) is 0 Å². The second-order valence-electron chi connectivity index (χ2n) is 6.34. The van der Waals surface area contributed by atoms with Gasteiger partial charge in [0.1, 0.15) is 5.75 Å². The average Bonchev–Trinajstić information content (AvgIpc) is 2.62. The van der Waals surface area contributed by atoms with Gasteiger partial charge in [-0.15, -0.1) is 0 Å². The summed E-state index contributed by atoms with van der Waals surface area (Å²) in [5, 5.41) is 0. The van der Waals surface area contributed by atoms with Crippen molar-refractivity contribution in [3.05, 3.63) is 30.3 Å². The first kappa shape index (κ1) is 16.3. The number of rotatable bonds is 5. The zero-order valence-electron chi connectivity index (χ0n) is 13.7. The van der Waals surface area contributed by atoms with Gasteiger partial charge in [0, 0.05) is 32.7 Å². The lowest BCUT2D eigenvalue weighted by atomic mass is 9.96. The van der Waals surface area contributed by atoms with Gasteiger partial charge < -0.3 is 14.4 Å². The van der Waals surface area contributed by atoms with Crippen LogP contribution < -0.4 is 4.74 Å². The fraction of sp³-hybridized carbons (Fsp3) is 0.611. The molecule has 0 aromatic heterocycles. The van der Waals surface area contributed by atoms with Gasteiger partial charge in [0.05, 0.1) is 13.2 Å². The number of likely N-dealkylation sites (tertiary alicyclic amines) is 1. The quantitative estimate of drug-likeness (QED) is 0.828. The summed E-state index contributed by atoms with van der Waals surface area (Å²) in [5.41, 5.74) is 0. The van der Waals surface area contributed by atoms with Crippen molar-refractivity contribution in [1.29, 1.82) is 0 Å². The fourth-order valence-corrected chi connectivity index (χ4v) is 3.27. The van der Waals surface area contributed by atoms with Crippen molar-refractivity contribution >= 4 is 5.91 Å². The lowest BCUT2D eigenvalue weighted by Gasteiger charge is -2.36. The van der Waals surface area contributed by atoms with E-state index in [-0.39, 0.29) is 12.5 Å². The van der Waals surface area contributed by atoms with Crippen LogP contribution in [0.1, 0.15) is 12.8 Å². The minimum Gasteiger partial charge on any atom is -0.484 e. The molecule has 1 aromatic carbocycles. The molecule has 5 heteroatoms. The molecule has 2 aliphatic heterocycles. The van der Waals surface area contributed by atoms with Crippen LogP contribution in [0.4, 0.5) is 0 Å². The van der Waals surface area contributed by atoms with E-state index in [0.717, 1.165) is 64.5 Å². The molecule has 0 N–H and O–H groups in total. The summed E-state index contributed by atoms with van der Waals surface area (Å²) in [6, 6.07) is 9.52. The molecular formula is C18H26N2O3. The predicted octanol–water partition coefficient (Wildman–Crippen LogP) is 1.64. The fourth-order valence-electron chi connectivity index (χ4n) is 3.27. The van der Waals surface area contributed by atoms with Gasteiger partial charge in [-0.1, -0.05) is 18.2 Å². The van der Waals surface area contributed by atoms with Crippen molar-refractivity contribution in [2.45, 2.75) is 12.8 Å². The highest BCUT2D eigenvalue weighted by Gasteiger charge is 2.25. The van der Waals surface area contributed by atoms with Crippen LogP contribution in [0, 0.1) is 5.92 Å². The number of carbonyl (C=O) groups is 1. The SMILES string of the molecule is O=C(COc1ccccc1)N1CCC(CN2CCOCC2)CC1. The summed E-state index contributed by atoms with van der Waals surface area (Å²) in [7, 11) is 0. The van der Waals surface area contributed by atoms with Gasteiger partial charge in [-0.2, -0.15) is 0 Å². The maximum absolute atomic E-state index is 12.2. The average molecular weight is 318 g/mol. The predicted molar refractivity (Wildman–Crippen MR) is 88.5 cm³/mol. The van der Waals surface area contributed by atoms with Crippen molar-refractivity contribution in [1.82, 2.24) is 9.80 Å². The molecular weight excluding hydrogens is 292 g/mol. The van der Waals surface area contributed by atoms with Crippen LogP contribution in [0.15, 0.2) is 30.3 Å². The molecule has 2 fully saturated rings. The molecule has 0 aliphatic carbocycles. The molecule has 0 radical (unpaired) electrons. The van der Waals surface area contributed by atoms with Gasteiger partial charge in [0.15, 0.2) is 6.61 Å². The summed E-state index contributed by atoms with van der Waals surface area (Å²) >= 11 is 0. The Kier molecular flexibility index (Phi) is 5.88. The van der Waals surface area contributed by atoms with Crippen LogP contribution in [0.5, 0.6) is 5.75 Å². The number of hydrogen-bond donors (Lipinski definition) is 0. The van der Waals surface area contributed by atoms with E-state index >= 15 is 0 Å². The molecule has 3 rings (SSSR count). The molecule has 2 aliphatic rings. The number of amides is 1. The standard InChI is InChI=1S/C18H26N2O3/c21-18(15-23-17-4-2-1-3-5-17)20-8-6-16(7-9-20)14-19-10-12-22-13-11-19/h1-5,16H,6-15H2. The van der Waals surface area contributed by atoms with Crippen molar-refractivity contribution in [3.8, 4) is 5.75 Å². The van der Waals surface area contributed by atoms with E-state index in [1.165, 1.54) is 0 Å². The molecule has 0 bridgehead atoms. The van der Waals surface area contributed by atoms with Crippen LogP contribution in [0.3, 0.4) is 0 Å². The molecule has 0 unspecified atom stereocenters. The number of piperidine rings is 1. The van der Waals surface area contributed by atoms with E-state index < -0.39 is 0 Å². The first-order valence-corrected chi connectivity index (χ1v) is 8.57. The topological polar surface area (TPSA) is 42.0 Å². The molecule has 23 heavy (non-hydrogen) atoms. The van der Waals surface area contributed by atoms with Gasteiger partial charge in [0.2, 0.25) is 0 Å². The number of carbonyl (C=O) groups excluding carboxylic acids is 1. The lowest BCUT2D eigenvalue weighted by molar-refractivity contribution is -0.134. The Hall–Kier alpha value is -1.59. The molecule has 0 atom stereocenters. The number of para-hydroxylation sites is 1. The van der Waals surface area contributed by atoms with Crippen LogP contribution in [-0.4, -0.2) is 68.3 Å². The lowest BCUT2D eigenvalue weighted by Crippen LogP contribution is -2.45. The third kappa shape index (κ3) is 4.94. The third-order valence-electron chi connectivity index (χ3n) is 4.69. The molecule has 2 saturated heterocycles. The Morgan fingerprint density at radius 2 is 1.78 bits per heavy atom. The Bertz CT molecular complexity index is 480. The van der Waals surface area contributed by atoms with E-state index in [4.69, 9.17) is 9.47 Å². The highest BCUT2D eigenvalue weighted by Crippen LogP contribution is 2.19. The maximum Gasteiger partial charge on any atom is 0.260 e. The molecule has 1 aromatic rings. The van der Waals surface area contributed by atoms with Crippen LogP contribution >= 0.6 is 0 Å². The summed E-state index contributed by atoms with van der Waals surface area (Å²) in [5.74, 6) is 1.55. The molecule has 2 heterocycles.